The van der Waals surface area contributed by atoms with E-state index in [1.54, 1.807) is 0 Å². The van der Waals surface area contributed by atoms with Gasteiger partial charge in [-0.25, -0.2) is 4.85 Å². The lowest BCUT2D eigenvalue weighted by Gasteiger charge is -2.15. The van der Waals surface area contributed by atoms with Crippen LogP contribution in [0.1, 0.15) is 12.5 Å². The van der Waals surface area contributed by atoms with Gasteiger partial charge in [0.15, 0.2) is 12.5 Å². The second kappa shape index (κ2) is 7.32. The fraction of sp³-hybridized carbons (Fsp3) is 0.533. The first-order valence-electron chi connectivity index (χ1n) is 6.67. The molecular formula is C15H23NO2Si. The summed E-state index contributed by atoms with van der Waals surface area (Å²) in [7, 11) is -1.03. The van der Waals surface area contributed by atoms with E-state index in [2.05, 4.69) is 24.5 Å². The first-order chi connectivity index (χ1) is 8.96. The van der Waals surface area contributed by atoms with Crippen molar-refractivity contribution < 1.29 is 9.47 Å². The number of ether oxygens (including phenoxy) is 2. The van der Waals surface area contributed by atoms with Gasteiger partial charge < -0.3 is 9.47 Å². The van der Waals surface area contributed by atoms with Crippen molar-refractivity contribution in [1.82, 2.24) is 0 Å². The molecule has 0 aliphatic heterocycles. The van der Waals surface area contributed by atoms with Crippen LogP contribution in [0.4, 0.5) is 5.69 Å². The Balaban J connectivity index is 2.40. The Labute approximate surface area is 117 Å². The molecule has 0 aliphatic rings. The average molecular weight is 277 g/mol. The number of aryl methyl sites for hydroxylation is 1. The molecule has 1 aromatic carbocycles. The minimum absolute atomic E-state index is 0.283. The zero-order valence-corrected chi connectivity index (χ0v) is 13.3. The molecule has 0 saturated carbocycles. The van der Waals surface area contributed by atoms with Crippen molar-refractivity contribution >= 4 is 13.8 Å². The van der Waals surface area contributed by atoms with Crippen LogP contribution in [0, 0.1) is 6.57 Å². The number of benzene rings is 1. The van der Waals surface area contributed by atoms with Gasteiger partial charge in [0, 0.05) is 14.7 Å². The molecule has 1 rings (SSSR count). The van der Waals surface area contributed by atoms with Crippen LogP contribution >= 0.6 is 0 Å². The normalized spacial score (nSPS) is 11.1. The van der Waals surface area contributed by atoms with E-state index in [1.165, 1.54) is 0 Å². The van der Waals surface area contributed by atoms with Gasteiger partial charge in [-0.1, -0.05) is 32.6 Å². The first kappa shape index (κ1) is 15.7. The van der Waals surface area contributed by atoms with Crippen molar-refractivity contribution in [3.8, 4) is 5.75 Å². The largest absolute Gasteiger partial charge is 0.468 e. The van der Waals surface area contributed by atoms with Gasteiger partial charge in [-0.15, -0.1) is 0 Å². The van der Waals surface area contributed by atoms with Gasteiger partial charge in [-0.05, 0) is 30.2 Å². The van der Waals surface area contributed by atoms with Crippen LogP contribution in [0.15, 0.2) is 18.2 Å². The van der Waals surface area contributed by atoms with E-state index in [-0.39, 0.29) is 6.79 Å². The molecule has 0 radical (unpaired) electrons. The van der Waals surface area contributed by atoms with Crippen molar-refractivity contribution in [3.05, 3.63) is 35.2 Å². The fourth-order valence-corrected chi connectivity index (χ4v) is 2.35. The van der Waals surface area contributed by atoms with Gasteiger partial charge >= 0.3 is 0 Å². The predicted octanol–water partition coefficient (Wildman–Crippen LogP) is 4.49. The van der Waals surface area contributed by atoms with E-state index in [4.69, 9.17) is 16.0 Å². The summed E-state index contributed by atoms with van der Waals surface area (Å²) in [5.41, 5.74) is 1.73. The van der Waals surface area contributed by atoms with Crippen LogP contribution in [0.25, 0.3) is 4.85 Å². The van der Waals surface area contributed by atoms with Gasteiger partial charge in [0.05, 0.1) is 6.57 Å². The van der Waals surface area contributed by atoms with E-state index in [0.29, 0.717) is 5.69 Å². The van der Waals surface area contributed by atoms with Crippen LogP contribution in [-0.2, 0) is 11.2 Å². The quantitative estimate of drug-likeness (QED) is 0.317. The smallest absolute Gasteiger partial charge is 0.190 e. The van der Waals surface area contributed by atoms with Crippen molar-refractivity contribution in [2.45, 2.75) is 39.0 Å². The van der Waals surface area contributed by atoms with Crippen LogP contribution in [0.2, 0.25) is 25.7 Å². The maximum absolute atomic E-state index is 7.07. The highest BCUT2D eigenvalue weighted by Gasteiger charge is 2.12. The molecule has 0 spiro atoms. The minimum Gasteiger partial charge on any atom is -0.468 e. The summed E-state index contributed by atoms with van der Waals surface area (Å²) in [6.07, 6.45) is 0.839. The highest BCUT2D eigenvalue weighted by Crippen LogP contribution is 2.25. The average Bonchev–Trinajstić information content (AvgIpc) is 2.36. The van der Waals surface area contributed by atoms with E-state index in [9.17, 15) is 0 Å². The summed E-state index contributed by atoms with van der Waals surface area (Å²) < 4.78 is 11.0. The fourth-order valence-electron chi connectivity index (χ4n) is 1.59. The molecule has 0 aliphatic carbocycles. The van der Waals surface area contributed by atoms with E-state index < -0.39 is 8.07 Å². The Morgan fingerprint density at radius 3 is 2.58 bits per heavy atom. The third-order valence-corrected chi connectivity index (χ3v) is 4.56. The SMILES string of the molecule is [C-]#[N+]c1ccc(OCOCC[Si](C)(C)C)cc1CC. The highest BCUT2D eigenvalue weighted by atomic mass is 28.3. The maximum Gasteiger partial charge on any atom is 0.190 e. The molecule has 0 atom stereocenters. The Morgan fingerprint density at radius 2 is 2.00 bits per heavy atom. The number of hydrogen-bond acceptors (Lipinski definition) is 2. The zero-order chi connectivity index (χ0) is 14.3. The lowest BCUT2D eigenvalue weighted by Crippen LogP contribution is -2.22. The molecule has 104 valence electrons. The molecule has 0 aromatic heterocycles. The van der Waals surface area contributed by atoms with E-state index >= 15 is 0 Å². The second-order valence-corrected chi connectivity index (χ2v) is 11.4. The van der Waals surface area contributed by atoms with E-state index in [0.717, 1.165) is 30.4 Å². The van der Waals surface area contributed by atoms with Crippen molar-refractivity contribution in [1.29, 1.82) is 0 Å². The van der Waals surface area contributed by atoms with Gasteiger partial charge in [0.1, 0.15) is 5.75 Å². The maximum atomic E-state index is 7.07. The van der Waals surface area contributed by atoms with Gasteiger partial charge in [-0.2, -0.15) is 0 Å². The van der Waals surface area contributed by atoms with Gasteiger partial charge in [-0.3, -0.25) is 0 Å². The van der Waals surface area contributed by atoms with Crippen molar-refractivity contribution in [3.63, 3.8) is 0 Å². The van der Waals surface area contributed by atoms with Gasteiger partial charge in [0.2, 0.25) is 0 Å². The Bertz CT molecular complexity index is 446. The Hall–Kier alpha value is -1.31. The van der Waals surface area contributed by atoms with Crippen molar-refractivity contribution in [2.75, 3.05) is 13.4 Å². The summed E-state index contributed by atoms with van der Waals surface area (Å²) in [6, 6.07) is 6.71. The van der Waals surface area contributed by atoms with Crippen LogP contribution < -0.4 is 4.74 Å². The molecule has 0 bridgehead atoms. The summed E-state index contributed by atoms with van der Waals surface area (Å²) in [4.78, 5) is 3.49. The highest BCUT2D eigenvalue weighted by molar-refractivity contribution is 6.76. The molecule has 1 aromatic rings. The van der Waals surface area contributed by atoms with Crippen LogP contribution in [-0.4, -0.2) is 21.5 Å². The molecule has 4 heteroatoms. The summed E-state index contributed by atoms with van der Waals surface area (Å²) in [5, 5.41) is 0. The van der Waals surface area contributed by atoms with Crippen LogP contribution in [0.3, 0.4) is 0 Å². The Morgan fingerprint density at radius 1 is 1.26 bits per heavy atom. The molecule has 0 N–H and O–H groups in total. The third-order valence-electron chi connectivity index (χ3n) is 2.86. The van der Waals surface area contributed by atoms with E-state index in [1.807, 2.05) is 25.1 Å². The monoisotopic (exact) mass is 277 g/mol. The molecular weight excluding hydrogens is 254 g/mol. The summed E-state index contributed by atoms with van der Waals surface area (Å²) >= 11 is 0. The standard InChI is InChI=1S/C15H23NO2Si/c1-6-13-11-14(7-8-15(13)16-2)18-12-17-9-10-19(3,4)5/h7-8,11H,6,9-10,12H2,1,3-5H3. The molecule has 0 amide bonds. The van der Waals surface area contributed by atoms with Gasteiger partial charge in [0.25, 0.3) is 0 Å². The number of nitrogens with zero attached hydrogens (tertiary/aromatic N) is 1. The third kappa shape index (κ3) is 5.91. The number of hydrogen-bond donors (Lipinski definition) is 0. The molecule has 19 heavy (non-hydrogen) atoms. The molecule has 0 fully saturated rings. The van der Waals surface area contributed by atoms with Crippen LogP contribution in [0.5, 0.6) is 5.75 Å². The summed E-state index contributed by atoms with van der Waals surface area (Å²) in [5.74, 6) is 0.775. The number of rotatable bonds is 7. The minimum atomic E-state index is -1.03. The predicted molar refractivity (Wildman–Crippen MR) is 81.7 cm³/mol. The molecule has 0 saturated heterocycles. The Kier molecular flexibility index (Phi) is 6.06. The van der Waals surface area contributed by atoms with Crippen molar-refractivity contribution in [2.24, 2.45) is 0 Å². The lowest BCUT2D eigenvalue weighted by atomic mass is 10.1. The molecule has 0 unspecified atom stereocenters. The lowest BCUT2D eigenvalue weighted by molar-refractivity contribution is 0.0220. The zero-order valence-electron chi connectivity index (χ0n) is 12.3. The topological polar surface area (TPSA) is 22.8 Å². The first-order valence-corrected chi connectivity index (χ1v) is 10.4. The second-order valence-electron chi connectivity index (χ2n) is 5.74. The molecule has 0 heterocycles. The summed E-state index contributed by atoms with van der Waals surface area (Å²) in [6.45, 7) is 17.1. The molecule has 3 nitrogen and oxygen atoms in total.